The number of benzene rings is 2. The maximum atomic E-state index is 12.8. The Hall–Kier alpha value is -1.59. The average molecular weight is 438 g/mol. The summed E-state index contributed by atoms with van der Waals surface area (Å²) in [6.45, 7) is 6.81. The Morgan fingerprint density at radius 2 is 1.59 bits per heavy atom. The van der Waals surface area contributed by atoms with Gasteiger partial charge in [0.05, 0.1) is 12.0 Å². The second-order valence-electron chi connectivity index (χ2n) is 7.64. The fraction of sp³-hybridized carbons (Fsp3) is 0.435. The molecule has 3 N–H and O–H groups in total. The zero-order chi connectivity index (χ0) is 19.2. The molecule has 0 aromatic heterocycles. The zero-order valence-electron chi connectivity index (χ0n) is 17.2. The molecule has 1 saturated heterocycles. The third-order valence-electron chi connectivity index (χ3n) is 5.65. The van der Waals surface area contributed by atoms with Crippen LogP contribution in [0.25, 0.3) is 0 Å². The molecule has 4 nitrogen and oxygen atoms in total. The topological polar surface area (TPSA) is 58.4 Å². The van der Waals surface area contributed by atoms with E-state index in [-0.39, 0.29) is 48.7 Å². The number of carbonyl (C=O) groups is 1. The van der Waals surface area contributed by atoms with E-state index in [0.717, 1.165) is 18.7 Å². The van der Waals surface area contributed by atoms with Crippen molar-refractivity contribution in [1.29, 1.82) is 0 Å². The molecule has 3 rings (SSSR count). The molecule has 29 heavy (non-hydrogen) atoms. The number of aryl methyl sites for hydroxylation is 1. The SMILES string of the molecule is Cc1ccc(C(CNC(=O)C(C)C(N)c2ccccc2)N2CCCC2)cc1.Cl.Cl. The minimum Gasteiger partial charge on any atom is -0.354 e. The van der Waals surface area contributed by atoms with Crippen molar-refractivity contribution in [3.63, 3.8) is 0 Å². The van der Waals surface area contributed by atoms with Crippen molar-refractivity contribution in [2.45, 2.75) is 38.8 Å². The maximum absolute atomic E-state index is 12.8. The van der Waals surface area contributed by atoms with Gasteiger partial charge in [0.1, 0.15) is 0 Å². The second-order valence-corrected chi connectivity index (χ2v) is 7.64. The first-order valence-corrected chi connectivity index (χ1v) is 9.95. The molecule has 3 unspecified atom stereocenters. The van der Waals surface area contributed by atoms with E-state index in [1.54, 1.807) is 0 Å². The van der Waals surface area contributed by atoms with Gasteiger partial charge in [-0.1, -0.05) is 67.1 Å². The van der Waals surface area contributed by atoms with Crippen molar-refractivity contribution in [3.8, 4) is 0 Å². The van der Waals surface area contributed by atoms with Crippen LogP contribution in [0.15, 0.2) is 54.6 Å². The van der Waals surface area contributed by atoms with E-state index in [2.05, 4.69) is 41.4 Å². The Kier molecular flexibility index (Phi) is 10.7. The Morgan fingerprint density at radius 1 is 1.00 bits per heavy atom. The number of halogens is 2. The molecular weight excluding hydrogens is 405 g/mol. The van der Waals surface area contributed by atoms with Gasteiger partial charge in [0.25, 0.3) is 0 Å². The molecule has 2 aromatic carbocycles. The fourth-order valence-corrected chi connectivity index (χ4v) is 3.78. The lowest BCUT2D eigenvalue weighted by Crippen LogP contribution is -2.41. The van der Waals surface area contributed by atoms with Gasteiger partial charge in [-0.05, 0) is 44.0 Å². The van der Waals surface area contributed by atoms with Gasteiger partial charge < -0.3 is 11.1 Å². The van der Waals surface area contributed by atoms with Crippen LogP contribution in [-0.4, -0.2) is 30.4 Å². The molecule has 6 heteroatoms. The summed E-state index contributed by atoms with van der Waals surface area (Å²) >= 11 is 0. The molecule has 1 fully saturated rings. The van der Waals surface area contributed by atoms with Gasteiger partial charge in [0.15, 0.2) is 0 Å². The predicted molar refractivity (Wildman–Crippen MR) is 125 cm³/mol. The van der Waals surface area contributed by atoms with E-state index in [1.165, 1.54) is 24.0 Å². The number of nitrogens with two attached hydrogens (primary N) is 1. The summed E-state index contributed by atoms with van der Waals surface area (Å²) in [5.41, 5.74) is 9.84. The van der Waals surface area contributed by atoms with Gasteiger partial charge in [0, 0.05) is 12.6 Å². The van der Waals surface area contributed by atoms with Crippen LogP contribution in [-0.2, 0) is 4.79 Å². The van der Waals surface area contributed by atoms with Crippen LogP contribution in [0.2, 0.25) is 0 Å². The molecule has 1 aliphatic rings. The molecular formula is C23H33Cl2N3O. The minimum absolute atomic E-state index is 0. The summed E-state index contributed by atoms with van der Waals surface area (Å²) < 4.78 is 0. The van der Waals surface area contributed by atoms with Crippen molar-refractivity contribution in [3.05, 3.63) is 71.3 Å². The summed E-state index contributed by atoms with van der Waals surface area (Å²) in [6.07, 6.45) is 2.46. The van der Waals surface area contributed by atoms with Crippen molar-refractivity contribution in [1.82, 2.24) is 10.2 Å². The van der Waals surface area contributed by atoms with E-state index in [0.29, 0.717) is 6.54 Å². The van der Waals surface area contributed by atoms with Crippen LogP contribution in [0.4, 0.5) is 0 Å². The van der Waals surface area contributed by atoms with Gasteiger partial charge in [-0.25, -0.2) is 0 Å². The van der Waals surface area contributed by atoms with Crippen LogP contribution >= 0.6 is 24.8 Å². The molecule has 1 amide bonds. The number of amides is 1. The number of rotatable bonds is 7. The van der Waals surface area contributed by atoms with E-state index in [4.69, 9.17) is 5.73 Å². The molecule has 0 bridgehead atoms. The smallest absolute Gasteiger partial charge is 0.224 e. The second kappa shape index (κ2) is 12.2. The van der Waals surface area contributed by atoms with Gasteiger partial charge in [0.2, 0.25) is 5.91 Å². The lowest BCUT2D eigenvalue weighted by atomic mass is 9.94. The highest BCUT2D eigenvalue weighted by Crippen LogP contribution is 2.25. The Bertz CT molecular complexity index is 734. The minimum atomic E-state index is -0.296. The molecule has 1 aliphatic heterocycles. The fourth-order valence-electron chi connectivity index (χ4n) is 3.78. The Labute approximate surface area is 187 Å². The normalized spacial score (nSPS) is 16.8. The first-order valence-electron chi connectivity index (χ1n) is 9.95. The molecule has 1 heterocycles. The average Bonchev–Trinajstić information content (AvgIpc) is 3.23. The van der Waals surface area contributed by atoms with E-state index in [9.17, 15) is 4.79 Å². The zero-order valence-corrected chi connectivity index (χ0v) is 18.8. The monoisotopic (exact) mass is 437 g/mol. The van der Waals surface area contributed by atoms with Crippen LogP contribution in [0.1, 0.15) is 48.5 Å². The first-order chi connectivity index (χ1) is 13.1. The summed E-state index contributed by atoms with van der Waals surface area (Å²) in [6, 6.07) is 18.4. The number of hydrogen-bond donors (Lipinski definition) is 2. The summed E-state index contributed by atoms with van der Waals surface area (Å²) in [5.74, 6) is -0.257. The van der Waals surface area contributed by atoms with Gasteiger partial charge in [-0.2, -0.15) is 0 Å². The van der Waals surface area contributed by atoms with Crippen molar-refractivity contribution in [2.75, 3.05) is 19.6 Å². The van der Waals surface area contributed by atoms with E-state index in [1.807, 2.05) is 37.3 Å². The van der Waals surface area contributed by atoms with E-state index < -0.39 is 0 Å². The largest absolute Gasteiger partial charge is 0.354 e. The molecule has 2 aromatic rings. The summed E-state index contributed by atoms with van der Waals surface area (Å²) in [5, 5.41) is 3.16. The van der Waals surface area contributed by atoms with Gasteiger partial charge >= 0.3 is 0 Å². The van der Waals surface area contributed by atoms with Crippen molar-refractivity contribution < 1.29 is 4.79 Å². The highest BCUT2D eigenvalue weighted by atomic mass is 35.5. The number of nitrogens with one attached hydrogen (secondary N) is 1. The number of hydrogen-bond acceptors (Lipinski definition) is 3. The van der Waals surface area contributed by atoms with Crippen LogP contribution in [0.3, 0.4) is 0 Å². The maximum Gasteiger partial charge on any atom is 0.224 e. The van der Waals surface area contributed by atoms with Crippen molar-refractivity contribution in [2.24, 2.45) is 11.7 Å². The highest BCUT2D eigenvalue weighted by Gasteiger charge is 2.26. The predicted octanol–water partition coefficient (Wildman–Crippen LogP) is 4.43. The van der Waals surface area contributed by atoms with Gasteiger partial charge in [-0.3, -0.25) is 9.69 Å². The lowest BCUT2D eigenvalue weighted by molar-refractivity contribution is -0.125. The van der Waals surface area contributed by atoms with E-state index >= 15 is 0 Å². The number of likely N-dealkylation sites (tertiary alicyclic amines) is 1. The third-order valence-corrected chi connectivity index (χ3v) is 5.65. The highest BCUT2D eigenvalue weighted by molar-refractivity contribution is 5.85. The molecule has 0 saturated carbocycles. The molecule has 160 valence electrons. The summed E-state index contributed by atoms with van der Waals surface area (Å²) in [4.78, 5) is 15.2. The molecule has 3 atom stereocenters. The van der Waals surface area contributed by atoms with Crippen LogP contribution in [0.5, 0.6) is 0 Å². The van der Waals surface area contributed by atoms with Gasteiger partial charge in [-0.15, -0.1) is 24.8 Å². The lowest BCUT2D eigenvalue weighted by Gasteiger charge is -2.29. The molecule has 0 aliphatic carbocycles. The first kappa shape index (κ1) is 25.4. The standard InChI is InChI=1S/C23H31N3O.2ClH/c1-17-10-12-19(13-11-17)21(26-14-6-7-15-26)16-25-23(27)18(2)22(24)20-8-4-3-5-9-20;;/h3-5,8-13,18,21-22H,6-7,14-16,24H2,1-2H3,(H,25,27);2*1H. The summed E-state index contributed by atoms with van der Waals surface area (Å²) in [7, 11) is 0. The van der Waals surface area contributed by atoms with Crippen LogP contribution < -0.4 is 11.1 Å². The Morgan fingerprint density at radius 3 is 2.17 bits per heavy atom. The quantitative estimate of drug-likeness (QED) is 0.673. The number of carbonyl (C=O) groups excluding carboxylic acids is 1. The molecule has 0 radical (unpaired) electrons. The molecule has 0 spiro atoms. The van der Waals surface area contributed by atoms with Crippen molar-refractivity contribution >= 4 is 30.7 Å². The number of nitrogens with zero attached hydrogens (tertiary/aromatic N) is 1. The Balaban J connectivity index is 0.00000210. The third kappa shape index (κ3) is 6.71. The van der Waals surface area contributed by atoms with Crippen LogP contribution in [0, 0.1) is 12.8 Å².